The van der Waals surface area contributed by atoms with Gasteiger partial charge in [0, 0.05) is 29.7 Å². The molecule has 0 aliphatic carbocycles. The first-order valence-electron chi connectivity index (χ1n) is 9.59. The van der Waals surface area contributed by atoms with Crippen LogP contribution in [-0.4, -0.2) is 37.9 Å². The number of anilines is 1. The van der Waals surface area contributed by atoms with Crippen LogP contribution in [0.1, 0.15) is 29.5 Å². The Morgan fingerprint density at radius 1 is 1.07 bits per heavy atom. The Morgan fingerprint density at radius 3 is 2.48 bits per heavy atom. The van der Waals surface area contributed by atoms with Crippen LogP contribution in [0.25, 0.3) is 0 Å². The quantitative estimate of drug-likeness (QED) is 0.723. The Kier molecular flexibility index (Phi) is 5.31. The van der Waals surface area contributed by atoms with Crippen molar-refractivity contribution in [2.24, 2.45) is 0 Å². The van der Waals surface area contributed by atoms with Crippen LogP contribution < -0.4 is 4.90 Å². The highest BCUT2D eigenvalue weighted by molar-refractivity contribution is 7.89. The maximum Gasteiger partial charge on any atom is 0.414 e. The molecule has 1 fully saturated rings. The third-order valence-electron chi connectivity index (χ3n) is 5.59. The lowest BCUT2D eigenvalue weighted by Crippen LogP contribution is -2.50. The molecule has 8 heteroatoms. The molecule has 154 valence electrons. The van der Waals surface area contributed by atoms with Crippen LogP contribution >= 0.6 is 11.6 Å². The molecule has 4 rings (SSSR count). The molecule has 0 aromatic heterocycles. The first kappa shape index (κ1) is 20.2. The number of benzene rings is 2. The number of fused-ring (bicyclic) bond motifs is 1. The van der Waals surface area contributed by atoms with E-state index in [0.29, 0.717) is 35.8 Å². The van der Waals surface area contributed by atoms with Crippen molar-refractivity contribution in [3.63, 3.8) is 0 Å². The number of rotatable bonds is 3. The maximum absolute atomic E-state index is 13.1. The molecular formula is C21H23ClN2O4S. The normalized spacial score (nSPS) is 18.4. The number of hydrogen-bond acceptors (Lipinski definition) is 4. The van der Waals surface area contributed by atoms with Crippen LogP contribution in [-0.2, 0) is 21.4 Å². The van der Waals surface area contributed by atoms with Gasteiger partial charge in [-0.15, -0.1) is 0 Å². The average Bonchev–Trinajstić information content (AvgIpc) is 2.68. The van der Waals surface area contributed by atoms with Crippen molar-refractivity contribution in [2.75, 3.05) is 18.0 Å². The predicted molar refractivity (Wildman–Crippen MR) is 112 cm³/mol. The molecule has 2 aliphatic rings. The van der Waals surface area contributed by atoms with Gasteiger partial charge in [-0.05, 0) is 56.5 Å². The summed E-state index contributed by atoms with van der Waals surface area (Å²) < 4.78 is 33.0. The number of halogens is 1. The smallest absolute Gasteiger partial charge is 0.414 e. The largest absolute Gasteiger partial charge is 0.444 e. The molecule has 0 radical (unpaired) electrons. The van der Waals surface area contributed by atoms with Gasteiger partial charge in [-0.2, -0.15) is 4.31 Å². The second-order valence-corrected chi connectivity index (χ2v) is 9.94. The van der Waals surface area contributed by atoms with Crippen LogP contribution in [0.4, 0.5) is 10.5 Å². The van der Waals surface area contributed by atoms with E-state index in [9.17, 15) is 13.2 Å². The number of carbonyl (C=O) groups excluding carboxylic acids is 1. The van der Waals surface area contributed by atoms with Gasteiger partial charge >= 0.3 is 6.09 Å². The van der Waals surface area contributed by atoms with Gasteiger partial charge in [0.15, 0.2) is 0 Å². The van der Waals surface area contributed by atoms with Gasteiger partial charge in [0.25, 0.3) is 0 Å². The third-order valence-corrected chi connectivity index (χ3v) is 7.88. The second-order valence-electron chi connectivity index (χ2n) is 7.60. The molecule has 6 nitrogen and oxygen atoms in total. The van der Waals surface area contributed by atoms with Gasteiger partial charge in [0.1, 0.15) is 6.61 Å². The van der Waals surface area contributed by atoms with Crippen molar-refractivity contribution in [3.05, 3.63) is 58.1 Å². The summed E-state index contributed by atoms with van der Waals surface area (Å²) >= 11 is 6.06. The minimum Gasteiger partial charge on any atom is -0.444 e. The zero-order valence-electron chi connectivity index (χ0n) is 16.4. The first-order chi connectivity index (χ1) is 13.8. The van der Waals surface area contributed by atoms with Crippen molar-refractivity contribution in [1.29, 1.82) is 0 Å². The summed E-state index contributed by atoms with van der Waals surface area (Å²) in [5.41, 5.74) is 3.43. The molecule has 2 aromatic carbocycles. The highest BCUT2D eigenvalue weighted by Crippen LogP contribution is 2.34. The summed E-state index contributed by atoms with van der Waals surface area (Å²) in [7, 11) is -3.56. The van der Waals surface area contributed by atoms with Crippen LogP contribution in [0, 0.1) is 13.8 Å². The zero-order valence-corrected chi connectivity index (χ0v) is 18.0. The molecular weight excluding hydrogens is 412 g/mol. The Morgan fingerprint density at radius 2 is 1.79 bits per heavy atom. The topological polar surface area (TPSA) is 66.9 Å². The van der Waals surface area contributed by atoms with Gasteiger partial charge in [-0.25, -0.2) is 13.2 Å². The molecule has 1 saturated heterocycles. The highest BCUT2D eigenvalue weighted by atomic mass is 35.5. The lowest BCUT2D eigenvalue weighted by atomic mass is 10.0. The standard InChI is InChI=1S/C21H23ClN2O4S/c1-14-3-6-20(15(2)11-14)29(26,27)23-9-7-18(8-10-23)24-19-5-4-17(22)12-16(19)13-28-21(24)25/h3-6,11-12,18H,7-10,13H2,1-2H3. The van der Waals surface area contributed by atoms with E-state index in [4.69, 9.17) is 16.3 Å². The predicted octanol–water partition coefficient (Wildman–Crippen LogP) is 4.27. The van der Waals surface area contributed by atoms with Gasteiger partial charge in [-0.3, -0.25) is 4.90 Å². The van der Waals surface area contributed by atoms with Gasteiger partial charge in [-0.1, -0.05) is 29.3 Å². The van der Waals surface area contributed by atoms with E-state index >= 15 is 0 Å². The fourth-order valence-electron chi connectivity index (χ4n) is 4.13. The summed E-state index contributed by atoms with van der Waals surface area (Å²) in [6.07, 6.45) is 0.693. The maximum atomic E-state index is 13.1. The molecule has 29 heavy (non-hydrogen) atoms. The number of hydrogen-bond donors (Lipinski definition) is 0. The van der Waals surface area contributed by atoms with Crippen molar-refractivity contribution in [3.8, 4) is 0 Å². The van der Waals surface area contributed by atoms with E-state index in [1.165, 1.54) is 4.31 Å². The van der Waals surface area contributed by atoms with Crippen molar-refractivity contribution < 1.29 is 17.9 Å². The Bertz CT molecular complexity index is 1060. The fraction of sp³-hybridized carbons (Fsp3) is 0.381. The van der Waals surface area contributed by atoms with Gasteiger partial charge in [0.2, 0.25) is 10.0 Å². The summed E-state index contributed by atoms with van der Waals surface area (Å²) in [6, 6.07) is 10.6. The van der Waals surface area contributed by atoms with Crippen molar-refractivity contribution >= 4 is 33.4 Å². The lowest BCUT2D eigenvalue weighted by Gasteiger charge is -2.39. The highest BCUT2D eigenvalue weighted by Gasteiger charge is 2.37. The van der Waals surface area contributed by atoms with Crippen molar-refractivity contribution in [1.82, 2.24) is 4.31 Å². The SMILES string of the molecule is Cc1ccc(S(=O)(=O)N2CCC(N3C(=O)OCc4cc(Cl)ccc43)CC2)c(C)c1. The van der Waals surface area contributed by atoms with E-state index in [1.807, 2.05) is 32.0 Å². The lowest BCUT2D eigenvalue weighted by molar-refractivity contribution is 0.136. The Labute approximate surface area is 176 Å². The van der Waals surface area contributed by atoms with Crippen LogP contribution in [0.5, 0.6) is 0 Å². The number of piperidine rings is 1. The summed E-state index contributed by atoms with van der Waals surface area (Å²) in [5, 5.41) is 0.594. The molecule has 0 spiro atoms. The summed E-state index contributed by atoms with van der Waals surface area (Å²) in [5.74, 6) is 0. The number of sulfonamides is 1. The summed E-state index contributed by atoms with van der Waals surface area (Å²) in [6.45, 7) is 4.67. The third kappa shape index (κ3) is 3.74. The van der Waals surface area contributed by atoms with E-state index in [2.05, 4.69) is 0 Å². The molecule has 1 amide bonds. The summed E-state index contributed by atoms with van der Waals surface area (Å²) in [4.78, 5) is 14.5. The monoisotopic (exact) mass is 434 g/mol. The molecule has 0 unspecified atom stereocenters. The molecule has 0 saturated carbocycles. The zero-order chi connectivity index (χ0) is 20.8. The van der Waals surface area contributed by atoms with E-state index in [-0.39, 0.29) is 12.6 Å². The molecule has 0 N–H and O–H groups in total. The molecule has 0 bridgehead atoms. The second kappa shape index (κ2) is 7.63. The number of aryl methyl sites for hydroxylation is 2. The number of ether oxygens (including phenoxy) is 1. The van der Waals surface area contributed by atoms with E-state index in [0.717, 1.165) is 22.4 Å². The van der Waals surface area contributed by atoms with Crippen LogP contribution in [0.3, 0.4) is 0 Å². The number of cyclic esters (lactones) is 1. The number of nitrogens with zero attached hydrogens (tertiary/aromatic N) is 2. The number of amides is 1. The minimum absolute atomic E-state index is 0.117. The molecule has 2 aliphatic heterocycles. The number of carbonyl (C=O) groups is 1. The van der Waals surface area contributed by atoms with Crippen LogP contribution in [0.2, 0.25) is 5.02 Å². The Balaban J connectivity index is 1.53. The molecule has 2 heterocycles. The molecule has 0 atom stereocenters. The van der Waals surface area contributed by atoms with Gasteiger partial charge < -0.3 is 4.74 Å². The van der Waals surface area contributed by atoms with Crippen LogP contribution in [0.15, 0.2) is 41.3 Å². The van der Waals surface area contributed by atoms with Gasteiger partial charge in [0.05, 0.1) is 10.6 Å². The van der Waals surface area contributed by atoms with E-state index in [1.54, 1.807) is 23.1 Å². The minimum atomic E-state index is -3.56. The average molecular weight is 435 g/mol. The molecule has 2 aromatic rings. The first-order valence-corrected chi connectivity index (χ1v) is 11.4. The van der Waals surface area contributed by atoms with Crippen molar-refractivity contribution in [2.45, 2.75) is 44.2 Å². The fourth-order valence-corrected chi connectivity index (χ4v) is 6.00. The van der Waals surface area contributed by atoms with E-state index < -0.39 is 16.1 Å². The Hall–Kier alpha value is -2.09.